The van der Waals surface area contributed by atoms with Crippen LogP contribution in [0.1, 0.15) is 47.0 Å². The molecule has 1 fully saturated rings. The molecule has 1 heterocycles. The van der Waals surface area contributed by atoms with Gasteiger partial charge in [0.2, 0.25) is 0 Å². The molecule has 0 bridgehead atoms. The molecule has 0 radical (unpaired) electrons. The third kappa shape index (κ3) is 4.49. The van der Waals surface area contributed by atoms with E-state index in [0.29, 0.717) is 6.54 Å². The standard InChI is InChI=1S/C12H26N2O/c1-11(2,3)14-9-12(4,15)10-7-5-6-8-13-10/h10,13-15H,5-9H2,1-4H3. The Kier molecular flexibility index (Phi) is 4.15. The van der Waals surface area contributed by atoms with E-state index in [0.717, 1.165) is 13.0 Å². The molecule has 1 aliphatic heterocycles. The monoisotopic (exact) mass is 214 g/mol. The summed E-state index contributed by atoms with van der Waals surface area (Å²) in [4.78, 5) is 0. The highest BCUT2D eigenvalue weighted by molar-refractivity contribution is 4.92. The molecule has 0 saturated carbocycles. The summed E-state index contributed by atoms with van der Waals surface area (Å²) >= 11 is 0. The first-order valence-electron chi connectivity index (χ1n) is 6.02. The van der Waals surface area contributed by atoms with Crippen LogP contribution in [0, 0.1) is 0 Å². The Morgan fingerprint density at radius 1 is 1.27 bits per heavy atom. The fourth-order valence-electron chi connectivity index (χ4n) is 1.95. The van der Waals surface area contributed by atoms with Crippen LogP contribution in [0.15, 0.2) is 0 Å². The molecule has 3 heteroatoms. The van der Waals surface area contributed by atoms with Crippen LogP contribution in [0.5, 0.6) is 0 Å². The predicted molar refractivity (Wildman–Crippen MR) is 64.0 cm³/mol. The second-order valence-electron chi connectivity index (χ2n) is 5.96. The molecule has 2 unspecified atom stereocenters. The largest absolute Gasteiger partial charge is 0.387 e. The van der Waals surface area contributed by atoms with E-state index in [2.05, 4.69) is 31.4 Å². The summed E-state index contributed by atoms with van der Waals surface area (Å²) in [6, 6.07) is 0.237. The van der Waals surface area contributed by atoms with E-state index in [4.69, 9.17) is 0 Å². The van der Waals surface area contributed by atoms with E-state index in [1.165, 1.54) is 12.8 Å². The molecule has 1 rings (SSSR count). The van der Waals surface area contributed by atoms with Crippen molar-refractivity contribution in [2.75, 3.05) is 13.1 Å². The molecule has 0 aromatic heterocycles. The van der Waals surface area contributed by atoms with Crippen LogP contribution in [0.4, 0.5) is 0 Å². The minimum absolute atomic E-state index is 0.0681. The van der Waals surface area contributed by atoms with Crippen LogP contribution < -0.4 is 10.6 Å². The Morgan fingerprint density at radius 2 is 1.93 bits per heavy atom. The highest BCUT2D eigenvalue weighted by atomic mass is 16.3. The number of aliphatic hydroxyl groups is 1. The molecule has 90 valence electrons. The van der Waals surface area contributed by atoms with Gasteiger partial charge in [-0.15, -0.1) is 0 Å². The van der Waals surface area contributed by atoms with Crippen LogP contribution in [0.3, 0.4) is 0 Å². The predicted octanol–water partition coefficient (Wildman–Crippen LogP) is 1.27. The highest BCUT2D eigenvalue weighted by Gasteiger charge is 2.33. The topological polar surface area (TPSA) is 44.3 Å². The zero-order valence-electron chi connectivity index (χ0n) is 10.6. The van der Waals surface area contributed by atoms with Crippen LogP contribution in [-0.2, 0) is 0 Å². The summed E-state index contributed by atoms with van der Waals surface area (Å²) < 4.78 is 0. The minimum atomic E-state index is -0.645. The summed E-state index contributed by atoms with van der Waals surface area (Å²) in [6.45, 7) is 9.98. The van der Waals surface area contributed by atoms with Gasteiger partial charge in [0.1, 0.15) is 0 Å². The van der Waals surface area contributed by atoms with E-state index >= 15 is 0 Å². The number of hydrogen-bond donors (Lipinski definition) is 3. The van der Waals surface area contributed by atoms with Crippen molar-refractivity contribution in [2.45, 2.75) is 64.1 Å². The van der Waals surface area contributed by atoms with E-state index < -0.39 is 5.60 Å². The van der Waals surface area contributed by atoms with E-state index in [9.17, 15) is 5.11 Å². The molecular formula is C12H26N2O. The molecule has 1 saturated heterocycles. The fraction of sp³-hybridized carbons (Fsp3) is 1.00. The minimum Gasteiger partial charge on any atom is -0.387 e. The van der Waals surface area contributed by atoms with E-state index in [1.54, 1.807) is 0 Å². The maximum absolute atomic E-state index is 10.4. The second-order valence-corrected chi connectivity index (χ2v) is 5.96. The van der Waals surface area contributed by atoms with Gasteiger partial charge in [-0.25, -0.2) is 0 Å². The molecule has 15 heavy (non-hydrogen) atoms. The first kappa shape index (κ1) is 12.9. The zero-order valence-corrected chi connectivity index (χ0v) is 10.6. The third-order valence-corrected chi connectivity index (χ3v) is 3.04. The molecular weight excluding hydrogens is 188 g/mol. The summed E-state index contributed by atoms with van der Waals surface area (Å²) in [7, 11) is 0. The maximum atomic E-state index is 10.4. The van der Waals surface area contributed by atoms with Crippen molar-refractivity contribution < 1.29 is 5.11 Å². The first-order valence-corrected chi connectivity index (χ1v) is 6.02. The lowest BCUT2D eigenvalue weighted by molar-refractivity contribution is 0.00594. The van der Waals surface area contributed by atoms with E-state index in [1.807, 2.05) is 6.92 Å². The van der Waals surface area contributed by atoms with E-state index in [-0.39, 0.29) is 11.6 Å². The molecule has 0 amide bonds. The Morgan fingerprint density at radius 3 is 2.40 bits per heavy atom. The number of hydrogen-bond acceptors (Lipinski definition) is 3. The third-order valence-electron chi connectivity index (χ3n) is 3.04. The van der Waals surface area contributed by atoms with Crippen molar-refractivity contribution in [3.8, 4) is 0 Å². The molecule has 0 aromatic carbocycles. The van der Waals surface area contributed by atoms with Crippen molar-refractivity contribution in [1.82, 2.24) is 10.6 Å². The van der Waals surface area contributed by atoms with Gasteiger partial charge in [-0.1, -0.05) is 6.42 Å². The van der Waals surface area contributed by atoms with Gasteiger partial charge < -0.3 is 15.7 Å². The first-order chi connectivity index (χ1) is 6.81. The molecule has 3 N–H and O–H groups in total. The van der Waals surface area contributed by atoms with Crippen LogP contribution >= 0.6 is 0 Å². The molecule has 3 nitrogen and oxygen atoms in total. The van der Waals surface area contributed by atoms with Gasteiger partial charge in [0, 0.05) is 18.1 Å². The molecule has 0 spiro atoms. The zero-order chi connectivity index (χ0) is 11.5. The summed E-state index contributed by atoms with van der Waals surface area (Å²) in [5, 5.41) is 17.2. The molecule has 1 aliphatic rings. The number of piperidine rings is 1. The lowest BCUT2D eigenvalue weighted by Gasteiger charge is -2.38. The smallest absolute Gasteiger partial charge is 0.0895 e. The summed E-state index contributed by atoms with van der Waals surface area (Å²) in [5.74, 6) is 0. The Hall–Kier alpha value is -0.120. The van der Waals surface area contributed by atoms with Gasteiger partial charge in [-0.05, 0) is 47.1 Å². The lowest BCUT2D eigenvalue weighted by Crippen LogP contribution is -2.58. The van der Waals surface area contributed by atoms with Crippen LogP contribution in [0.25, 0.3) is 0 Å². The SMILES string of the molecule is CC(C)(C)NCC(C)(O)C1CCCCN1. The lowest BCUT2D eigenvalue weighted by atomic mass is 9.88. The average molecular weight is 214 g/mol. The summed E-state index contributed by atoms with van der Waals surface area (Å²) in [5.41, 5.74) is -0.577. The van der Waals surface area contributed by atoms with Gasteiger partial charge in [-0.2, -0.15) is 0 Å². The quantitative estimate of drug-likeness (QED) is 0.663. The average Bonchev–Trinajstić information content (AvgIpc) is 2.16. The fourth-order valence-corrected chi connectivity index (χ4v) is 1.95. The highest BCUT2D eigenvalue weighted by Crippen LogP contribution is 2.19. The molecule has 2 atom stereocenters. The van der Waals surface area contributed by atoms with Gasteiger partial charge in [0.25, 0.3) is 0 Å². The Balaban J connectivity index is 2.42. The van der Waals surface area contributed by atoms with Crippen molar-refractivity contribution in [3.63, 3.8) is 0 Å². The number of rotatable bonds is 3. The number of β-amino-alcohol motifs (C(OH)–C–C–N with tert-alkyl or cyclic N) is 1. The second kappa shape index (κ2) is 4.81. The van der Waals surface area contributed by atoms with Crippen molar-refractivity contribution >= 4 is 0 Å². The normalized spacial score (nSPS) is 27.4. The van der Waals surface area contributed by atoms with Crippen LogP contribution in [-0.4, -0.2) is 35.4 Å². The van der Waals surface area contributed by atoms with Crippen molar-refractivity contribution in [2.24, 2.45) is 0 Å². The Labute approximate surface area is 93.6 Å². The van der Waals surface area contributed by atoms with Gasteiger partial charge in [0.05, 0.1) is 5.60 Å². The number of nitrogens with one attached hydrogen (secondary N) is 2. The van der Waals surface area contributed by atoms with Crippen molar-refractivity contribution in [1.29, 1.82) is 0 Å². The van der Waals surface area contributed by atoms with Crippen molar-refractivity contribution in [3.05, 3.63) is 0 Å². The van der Waals surface area contributed by atoms with Gasteiger partial charge >= 0.3 is 0 Å². The van der Waals surface area contributed by atoms with Gasteiger partial charge in [0.15, 0.2) is 0 Å². The molecule has 0 aliphatic carbocycles. The molecule has 0 aromatic rings. The van der Waals surface area contributed by atoms with Crippen LogP contribution in [0.2, 0.25) is 0 Å². The summed E-state index contributed by atoms with van der Waals surface area (Å²) in [6.07, 6.45) is 3.54. The Bertz CT molecular complexity index is 190. The van der Waals surface area contributed by atoms with Gasteiger partial charge in [-0.3, -0.25) is 0 Å². The maximum Gasteiger partial charge on any atom is 0.0895 e.